The van der Waals surface area contributed by atoms with E-state index in [2.05, 4.69) is 55.4 Å². The first kappa shape index (κ1) is 22.1. The topological polar surface area (TPSA) is 55.4 Å². The van der Waals surface area contributed by atoms with Crippen LogP contribution in [0.4, 0.5) is 0 Å². The maximum absolute atomic E-state index is 6.61. The van der Waals surface area contributed by atoms with Gasteiger partial charge in [-0.25, -0.2) is 0 Å². The van der Waals surface area contributed by atoms with Gasteiger partial charge < -0.3 is 28.4 Å². The Bertz CT molecular complexity index is 679. The Morgan fingerprint density at radius 3 is 1.52 bits per heavy atom. The van der Waals surface area contributed by atoms with Gasteiger partial charge >= 0.3 is 0 Å². The molecule has 8 heterocycles. The van der Waals surface area contributed by atoms with Gasteiger partial charge in [-0.05, 0) is 90.0 Å². The summed E-state index contributed by atoms with van der Waals surface area (Å²) in [6, 6.07) is 0. The summed E-state index contributed by atoms with van der Waals surface area (Å²) in [5, 5.41) is -0.453. The summed E-state index contributed by atoms with van der Waals surface area (Å²) in [4.78, 5) is 0. The van der Waals surface area contributed by atoms with Crippen LogP contribution in [0.15, 0.2) is 0 Å². The second-order valence-corrected chi connectivity index (χ2v) is 18.5. The maximum Gasteiger partial charge on any atom is 0.190 e. The number of ether oxygens (including phenoxy) is 6. The Hall–Kier alpha value is 0.620. The van der Waals surface area contributed by atoms with Gasteiger partial charge in [0.25, 0.3) is 0 Å². The molecular weight excluding hydrogens is 434 g/mol. The third-order valence-electron chi connectivity index (χ3n) is 8.24. The van der Waals surface area contributed by atoms with Crippen LogP contribution >= 0.6 is 15.8 Å². The lowest BCUT2D eigenvalue weighted by molar-refractivity contribution is -0.468. The molecule has 8 aliphatic heterocycles. The highest BCUT2D eigenvalue weighted by atomic mass is 31.1. The van der Waals surface area contributed by atoms with Crippen LogP contribution in [-0.2, 0) is 28.4 Å². The molecule has 0 spiro atoms. The van der Waals surface area contributed by atoms with Crippen LogP contribution in [0.1, 0.15) is 87.5 Å². The summed E-state index contributed by atoms with van der Waals surface area (Å²) in [6.45, 7) is 17.6. The molecule has 31 heavy (non-hydrogen) atoms. The lowest BCUT2D eigenvalue weighted by atomic mass is 9.85. The number of rotatable bonds is 4. The molecule has 1 unspecified atom stereocenters. The quantitative estimate of drug-likeness (QED) is 0.481. The van der Waals surface area contributed by atoms with E-state index < -0.39 is 38.7 Å². The summed E-state index contributed by atoms with van der Waals surface area (Å²) in [7, 11) is -1.06. The zero-order valence-corrected chi connectivity index (χ0v) is 22.1. The molecule has 0 saturated carbocycles. The molecule has 8 fully saturated rings. The Kier molecular flexibility index (Phi) is 4.19. The van der Waals surface area contributed by atoms with Gasteiger partial charge in [0.15, 0.2) is 22.9 Å². The van der Waals surface area contributed by atoms with Crippen molar-refractivity contribution in [2.75, 3.05) is 12.3 Å². The van der Waals surface area contributed by atoms with Crippen molar-refractivity contribution in [3.8, 4) is 0 Å². The van der Waals surface area contributed by atoms with Crippen LogP contribution in [0.2, 0.25) is 0 Å². The van der Waals surface area contributed by atoms with Crippen molar-refractivity contribution in [3.05, 3.63) is 0 Å². The molecule has 0 aromatic heterocycles. The van der Waals surface area contributed by atoms with Crippen LogP contribution in [-0.4, -0.2) is 56.8 Å². The summed E-state index contributed by atoms with van der Waals surface area (Å²) >= 11 is 0. The summed E-state index contributed by atoms with van der Waals surface area (Å²) < 4.78 is 39.1. The minimum Gasteiger partial charge on any atom is -0.340 e. The standard InChI is InChI=1S/C23H38O6P2/c1-16-12-17(2)26-20(5,13-16)31(23(8,24-16)29-17)11-9-10-30-21(6)14-18(3)25-19(4,28-21)15-22(30,7)27-18/h9-15H2,1-8H3/t16-,17+,18-,19-,20-,21+,22+,23+,31?/m0/s1. The molecule has 8 saturated heterocycles. The molecule has 6 nitrogen and oxygen atoms in total. The highest BCUT2D eigenvalue weighted by molar-refractivity contribution is 7.61. The smallest absolute Gasteiger partial charge is 0.190 e. The molecule has 0 aromatic carbocycles. The summed E-state index contributed by atoms with van der Waals surface area (Å²) in [5.74, 6) is -1.58. The van der Waals surface area contributed by atoms with Crippen molar-refractivity contribution in [1.82, 2.24) is 0 Å². The van der Waals surface area contributed by atoms with E-state index in [-0.39, 0.29) is 21.6 Å². The second kappa shape index (κ2) is 5.88. The van der Waals surface area contributed by atoms with Crippen molar-refractivity contribution in [1.29, 1.82) is 0 Å². The molecule has 0 aliphatic carbocycles. The predicted octanol–water partition coefficient (Wildman–Crippen LogP) is 5.81. The Morgan fingerprint density at radius 1 is 0.516 bits per heavy atom. The van der Waals surface area contributed by atoms with Gasteiger partial charge in [0.1, 0.15) is 0 Å². The molecule has 0 aromatic rings. The summed E-state index contributed by atoms with van der Waals surface area (Å²) in [6.07, 6.45) is 6.74. The predicted molar refractivity (Wildman–Crippen MR) is 120 cm³/mol. The zero-order valence-electron chi connectivity index (χ0n) is 20.3. The van der Waals surface area contributed by atoms with Crippen molar-refractivity contribution < 1.29 is 28.4 Å². The second-order valence-electron chi connectivity index (χ2n) is 12.3. The fourth-order valence-corrected chi connectivity index (χ4v) is 16.5. The highest BCUT2D eigenvalue weighted by Gasteiger charge is 2.72. The van der Waals surface area contributed by atoms with E-state index in [0.29, 0.717) is 0 Å². The molecule has 0 radical (unpaired) electrons. The van der Waals surface area contributed by atoms with E-state index in [0.717, 1.165) is 44.4 Å². The minimum atomic E-state index is -0.591. The average molecular weight is 472 g/mol. The van der Waals surface area contributed by atoms with Crippen molar-refractivity contribution in [2.45, 2.75) is 132 Å². The lowest BCUT2D eigenvalue weighted by Crippen LogP contribution is -2.72. The van der Waals surface area contributed by atoms with Gasteiger partial charge in [0.05, 0.1) is 21.6 Å². The van der Waals surface area contributed by atoms with Gasteiger partial charge in [0, 0.05) is 25.7 Å². The van der Waals surface area contributed by atoms with Crippen LogP contribution in [0.5, 0.6) is 0 Å². The summed E-state index contributed by atoms with van der Waals surface area (Å²) in [5.41, 5.74) is -0.665. The van der Waals surface area contributed by atoms with Crippen molar-refractivity contribution in [2.24, 2.45) is 0 Å². The van der Waals surface area contributed by atoms with E-state index in [4.69, 9.17) is 28.4 Å². The largest absolute Gasteiger partial charge is 0.340 e. The molecule has 176 valence electrons. The van der Waals surface area contributed by atoms with Gasteiger partial charge in [-0.2, -0.15) is 0 Å². The monoisotopic (exact) mass is 472 g/mol. The third-order valence-corrected chi connectivity index (χ3v) is 15.1. The van der Waals surface area contributed by atoms with Gasteiger partial charge in [-0.1, -0.05) is 0 Å². The maximum atomic E-state index is 6.61. The van der Waals surface area contributed by atoms with E-state index in [1.54, 1.807) is 0 Å². The SMILES string of the molecule is C[C@@]12C[C@@]3(C)O[C@@](C)(O1)P(CCCP1[C@]4(C)C[C@@]5(C)O[C@](C)(C[C@]1(C)O5)O4)[C@@](C)(C2)O3. The Labute approximate surface area is 188 Å². The van der Waals surface area contributed by atoms with E-state index in [9.17, 15) is 0 Å². The first-order valence-electron chi connectivity index (χ1n) is 11.8. The molecule has 9 atom stereocenters. The van der Waals surface area contributed by atoms with Crippen molar-refractivity contribution >= 4 is 15.8 Å². The van der Waals surface area contributed by atoms with Crippen LogP contribution in [0.25, 0.3) is 0 Å². The van der Waals surface area contributed by atoms with E-state index in [1.165, 1.54) is 0 Å². The molecule has 0 N–H and O–H groups in total. The molecule has 8 heteroatoms. The molecule has 8 aliphatic rings. The molecule has 8 bridgehead atoms. The van der Waals surface area contributed by atoms with E-state index >= 15 is 0 Å². The molecular formula is C23H38O6P2. The van der Waals surface area contributed by atoms with Gasteiger partial charge in [-0.3, -0.25) is 0 Å². The van der Waals surface area contributed by atoms with Crippen molar-refractivity contribution in [3.63, 3.8) is 0 Å². The fourth-order valence-electron chi connectivity index (χ4n) is 8.61. The Morgan fingerprint density at radius 2 is 1.00 bits per heavy atom. The highest BCUT2D eigenvalue weighted by Crippen LogP contribution is 2.78. The Balaban J connectivity index is 1.20. The minimum absolute atomic E-state index is 0.144. The van der Waals surface area contributed by atoms with Crippen LogP contribution in [0, 0.1) is 0 Å². The first-order valence-corrected chi connectivity index (χ1v) is 14.9. The van der Waals surface area contributed by atoms with Gasteiger partial charge in [0.2, 0.25) is 0 Å². The fraction of sp³-hybridized carbons (Fsp3) is 1.00. The van der Waals surface area contributed by atoms with Crippen LogP contribution in [0.3, 0.4) is 0 Å². The van der Waals surface area contributed by atoms with Crippen LogP contribution < -0.4 is 0 Å². The first-order chi connectivity index (χ1) is 14.0. The molecule has 8 rings (SSSR count). The number of hydrogen-bond donors (Lipinski definition) is 0. The third kappa shape index (κ3) is 3.05. The zero-order chi connectivity index (χ0) is 22.3. The normalized spacial score (nSPS) is 66.2. The van der Waals surface area contributed by atoms with Gasteiger partial charge in [-0.15, -0.1) is 0 Å². The van der Waals surface area contributed by atoms with E-state index in [1.807, 2.05) is 0 Å². The lowest BCUT2D eigenvalue weighted by Gasteiger charge is -2.70. The number of hydrogen-bond acceptors (Lipinski definition) is 6. The average Bonchev–Trinajstić information content (AvgIpc) is 2.43. The molecule has 0 amide bonds.